The third kappa shape index (κ3) is 4.13. The van der Waals surface area contributed by atoms with Gasteiger partial charge < -0.3 is 4.42 Å². The summed E-state index contributed by atoms with van der Waals surface area (Å²) < 4.78 is 6.16. The third-order valence-electron chi connectivity index (χ3n) is 9.53. The zero-order valence-corrected chi connectivity index (χ0v) is 25.7. The fourth-order valence-electron chi connectivity index (χ4n) is 7.16. The van der Waals surface area contributed by atoms with Crippen molar-refractivity contribution in [1.82, 2.24) is 9.97 Å². The highest BCUT2D eigenvalue weighted by Gasteiger charge is 2.35. The molecule has 3 nitrogen and oxygen atoms in total. The van der Waals surface area contributed by atoms with Gasteiger partial charge in [-0.1, -0.05) is 135 Å². The molecule has 46 heavy (non-hydrogen) atoms. The zero-order valence-electron chi connectivity index (χ0n) is 25.7. The molecule has 0 amide bonds. The molecule has 0 fully saturated rings. The molecule has 0 radical (unpaired) electrons. The Kier molecular flexibility index (Phi) is 5.85. The molecule has 6 aromatic carbocycles. The van der Waals surface area contributed by atoms with Crippen LogP contribution in [0.25, 0.3) is 78.1 Å². The molecule has 0 aliphatic heterocycles. The molecule has 0 bridgehead atoms. The first-order valence-corrected chi connectivity index (χ1v) is 15.7. The number of rotatable bonds is 4. The van der Waals surface area contributed by atoms with Crippen LogP contribution < -0.4 is 0 Å². The van der Waals surface area contributed by atoms with Gasteiger partial charge in [-0.15, -0.1) is 0 Å². The van der Waals surface area contributed by atoms with Gasteiger partial charge in [0.15, 0.2) is 5.82 Å². The largest absolute Gasteiger partial charge is 0.456 e. The number of para-hydroxylation sites is 1. The van der Waals surface area contributed by atoms with Gasteiger partial charge in [0.25, 0.3) is 0 Å². The molecule has 8 aromatic rings. The molecule has 2 heterocycles. The molecule has 1 aliphatic carbocycles. The normalized spacial score (nSPS) is 13.2. The van der Waals surface area contributed by atoms with Gasteiger partial charge in [-0.2, -0.15) is 0 Å². The number of benzene rings is 6. The Labute approximate surface area is 267 Å². The van der Waals surface area contributed by atoms with Crippen molar-refractivity contribution in [3.05, 3.63) is 157 Å². The van der Waals surface area contributed by atoms with Crippen LogP contribution in [0.15, 0.2) is 150 Å². The number of aromatic nitrogens is 2. The average Bonchev–Trinajstić information content (AvgIpc) is 3.61. The molecule has 0 unspecified atom stereocenters. The van der Waals surface area contributed by atoms with Crippen LogP contribution in [0.2, 0.25) is 0 Å². The van der Waals surface area contributed by atoms with Crippen molar-refractivity contribution in [2.24, 2.45) is 0 Å². The average molecular weight is 591 g/mol. The predicted octanol–water partition coefficient (Wildman–Crippen LogP) is 11.4. The van der Waals surface area contributed by atoms with E-state index in [1.807, 2.05) is 36.4 Å². The summed E-state index contributed by atoms with van der Waals surface area (Å²) in [7, 11) is 0. The summed E-state index contributed by atoms with van der Waals surface area (Å²) in [6.07, 6.45) is 0. The first-order chi connectivity index (χ1) is 22.5. The van der Waals surface area contributed by atoms with E-state index < -0.39 is 0 Å². The summed E-state index contributed by atoms with van der Waals surface area (Å²) in [5.41, 5.74) is 14.3. The van der Waals surface area contributed by atoms with Crippen molar-refractivity contribution < 1.29 is 4.42 Å². The summed E-state index contributed by atoms with van der Waals surface area (Å²) in [5, 5.41) is 2.27. The quantitative estimate of drug-likeness (QED) is 0.205. The summed E-state index contributed by atoms with van der Waals surface area (Å²) in [6, 6.07) is 51.1. The molecular weight excluding hydrogens is 560 g/mol. The van der Waals surface area contributed by atoms with E-state index in [4.69, 9.17) is 14.4 Å². The molecule has 1 aliphatic rings. The van der Waals surface area contributed by atoms with Crippen molar-refractivity contribution >= 4 is 21.9 Å². The van der Waals surface area contributed by atoms with E-state index in [2.05, 4.69) is 123 Å². The van der Waals surface area contributed by atoms with Crippen LogP contribution in [0.4, 0.5) is 0 Å². The van der Waals surface area contributed by atoms with Gasteiger partial charge in [-0.25, -0.2) is 9.97 Å². The lowest BCUT2D eigenvalue weighted by molar-refractivity contribution is 0.660. The fraction of sp³-hybridized carbons (Fsp3) is 0.0698. The van der Waals surface area contributed by atoms with Crippen LogP contribution in [0.5, 0.6) is 0 Å². The highest BCUT2D eigenvalue weighted by atomic mass is 16.3. The van der Waals surface area contributed by atoms with Crippen molar-refractivity contribution in [2.75, 3.05) is 0 Å². The van der Waals surface area contributed by atoms with Crippen molar-refractivity contribution in [1.29, 1.82) is 0 Å². The Morgan fingerprint density at radius 2 is 1.09 bits per heavy atom. The lowest BCUT2D eigenvalue weighted by Gasteiger charge is -2.22. The van der Waals surface area contributed by atoms with Gasteiger partial charge in [0.1, 0.15) is 11.2 Å². The SMILES string of the molecule is CC1(C)c2ccccc2-c2ccc(-c3cc(-c4ccc(-c5cccc6oc7ccccc7c56)cc4)nc(-c4ccccc4)n3)cc21. The Morgan fingerprint density at radius 3 is 1.93 bits per heavy atom. The summed E-state index contributed by atoms with van der Waals surface area (Å²) in [4.78, 5) is 10.2. The van der Waals surface area contributed by atoms with Crippen LogP contribution in [-0.4, -0.2) is 9.97 Å². The molecule has 0 saturated heterocycles. The van der Waals surface area contributed by atoms with E-state index >= 15 is 0 Å². The third-order valence-corrected chi connectivity index (χ3v) is 9.53. The minimum atomic E-state index is -0.0843. The van der Waals surface area contributed by atoms with Crippen LogP contribution in [-0.2, 0) is 5.41 Å². The lowest BCUT2D eigenvalue weighted by Crippen LogP contribution is -2.14. The molecule has 0 saturated carbocycles. The van der Waals surface area contributed by atoms with Crippen LogP contribution in [0, 0.1) is 0 Å². The highest BCUT2D eigenvalue weighted by molar-refractivity contribution is 6.12. The molecule has 0 spiro atoms. The van der Waals surface area contributed by atoms with Crippen molar-refractivity contribution in [3.63, 3.8) is 0 Å². The van der Waals surface area contributed by atoms with E-state index in [9.17, 15) is 0 Å². The molecule has 3 heteroatoms. The predicted molar refractivity (Wildman–Crippen MR) is 189 cm³/mol. The minimum Gasteiger partial charge on any atom is -0.456 e. The standard InChI is InChI=1S/C43H30N2O/c1-43(2)35-16-8-6-13-32(35)33-24-23-30(25-36(33)43)38-26-37(44-42(45-38)29-11-4-3-5-12-29)28-21-19-27(20-22-28)31-15-10-18-40-41(31)34-14-7-9-17-39(34)46-40/h3-26H,1-2H3. The van der Waals surface area contributed by atoms with Gasteiger partial charge in [0.2, 0.25) is 0 Å². The van der Waals surface area contributed by atoms with Crippen LogP contribution >= 0.6 is 0 Å². The first-order valence-electron chi connectivity index (χ1n) is 15.7. The molecule has 2 aromatic heterocycles. The van der Waals surface area contributed by atoms with Crippen LogP contribution in [0.3, 0.4) is 0 Å². The van der Waals surface area contributed by atoms with E-state index in [1.165, 1.54) is 22.3 Å². The second-order valence-electron chi connectivity index (χ2n) is 12.6. The molecule has 0 atom stereocenters. The maximum absolute atomic E-state index is 6.16. The first kappa shape index (κ1) is 26.6. The second-order valence-corrected chi connectivity index (χ2v) is 12.6. The van der Waals surface area contributed by atoms with E-state index in [1.54, 1.807) is 0 Å². The highest BCUT2D eigenvalue weighted by Crippen LogP contribution is 2.49. The smallest absolute Gasteiger partial charge is 0.160 e. The Hall–Kier alpha value is -5.80. The van der Waals surface area contributed by atoms with Gasteiger partial charge in [-0.3, -0.25) is 0 Å². The van der Waals surface area contributed by atoms with Gasteiger partial charge in [0, 0.05) is 32.9 Å². The second kappa shape index (κ2) is 10.1. The topological polar surface area (TPSA) is 38.9 Å². The van der Waals surface area contributed by atoms with E-state index in [0.29, 0.717) is 0 Å². The number of nitrogens with zero attached hydrogens (tertiary/aromatic N) is 2. The number of furan rings is 1. The molecule has 9 rings (SSSR count). The Morgan fingerprint density at radius 1 is 0.457 bits per heavy atom. The van der Waals surface area contributed by atoms with Gasteiger partial charge in [0.05, 0.1) is 11.4 Å². The molecular formula is C43H30N2O. The summed E-state index contributed by atoms with van der Waals surface area (Å²) >= 11 is 0. The molecule has 218 valence electrons. The Balaban J connectivity index is 1.16. The minimum absolute atomic E-state index is 0.0843. The Bertz CT molecular complexity index is 2440. The maximum atomic E-state index is 6.16. The fourth-order valence-corrected chi connectivity index (χ4v) is 7.16. The summed E-state index contributed by atoms with van der Waals surface area (Å²) in [5.74, 6) is 0.717. The number of fused-ring (bicyclic) bond motifs is 6. The number of hydrogen-bond donors (Lipinski definition) is 0. The lowest BCUT2D eigenvalue weighted by atomic mass is 9.82. The molecule has 0 N–H and O–H groups in total. The van der Waals surface area contributed by atoms with Gasteiger partial charge >= 0.3 is 0 Å². The maximum Gasteiger partial charge on any atom is 0.160 e. The summed E-state index contributed by atoms with van der Waals surface area (Å²) in [6.45, 7) is 4.63. The van der Waals surface area contributed by atoms with Crippen LogP contribution in [0.1, 0.15) is 25.0 Å². The van der Waals surface area contributed by atoms with Gasteiger partial charge in [-0.05, 0) is 57.6 Å². The number of hydrogen-bond acceptors (Lipinski definition) is 3. The zero-order chi connectivity index (χ0) is 30.8. The van der Waals surface area contributed by atoms with Crippen molar-refractivity contribution in [2.45, 2.75) is 19.3 Å². The van der Waals surface area contributed by atoms with Crippen molar-refractivity contribution in [3.8, 4) is 56.2 Å². The van der Waals surface area contributed by atoms with E-state index in [0.717, 1.165) is 67.0 Å². The van der Waals surface area contributed by atoms with E-state index in [-0.39, 0.29) is 5.41 Å². The monoisotopic (exact) mass is 590 g/mol.